The van der Waals surface area contributed by atoms with Gasteiger partial charge >= 0.3 is 5.69 Å². The van der Waals surface area contributed by atoms with Gasteiger partial charge in [0.1, 0.15) is 4.70 Å². The summed E-state index contributed by atoms with van der Waals surface area (Å²) in [6.07, 6.45) is 0. The molecule has 4 nitrogen and oxygen atoms in total. The Morgan fingerprint density at radius 2 is 1.89 bits per heavy atom. The maximum Gasteiger partial charge on any atom is 0.333 e. The third-order valence-corrected chi connectivity index (χ3v) is 3.57. The second kappa shape index (κ2) is 4.13. The first kappa shape index (κ1) is 11.8. The van der Waals surface area contributed by atoms with E-state index in [0.717, 1.165) is 16.7 Å². The minimum Gasteiger partial charge on any atom is -0.306 e. The van der Waals surface area contributed by atoms with E-state index in [1.54, 1.807) is 11.4 Å². The van der Waals surface area contributed by atoms with Gasteiger partial charge in [-0.1, -0.05) is 0 Å². The summed E-state index contributed by atoms with van der Waals surface area (Å²) in [5, 5.41) is 1.66. The molecular formula is C12H6F2N2O2S. The molecule has 19 heavy (non-hydrogen) atoms. The first-order valence-corrected chi connectivity index (χ1v) is 6.14. The van der Waals surface area contributed by atoms with Gasteiger partial charge in [0, 0.05) is 6.07 Å². The van der Waals surface area contributed by atoms with Crippen molar-refractivity contribution in [3.05, 3.63) is 62.1 Å². The standard InChI is InChI=1S/C12H6F2N2O2S/c13-7-2-1-6(5-8(7)14)16-11(17)10-9(3-4-19-10)15-12(16)18/h1-5H,(H,15,18). The molecule has 0 unspecified atom stereocenters. The highest BCUT2D eigenvalue weighted by molar-refractivity contribution is 7.17. The molecule has 7 heteroatoms. The summed E-state index contributed by atoms with van der Waals surface area (Å²) < 4.78 is 27.2. The zero-order valence-electron chi connectivity index (χ0n) is 9.31. The summed E-state index contributed by atoms with van der Waals surface area (Å²) in [6, 6.07) is 4.47. The van der Waals surface area contributed by atoms with Crippen LogP contribution >= 0.6 is 11.3 Å². The van der Waals surface area contributed by atoms with E-state index >= 15 is 0 Å². The monoisotopic (exact) mass is 280 g/mol. The maximum absolute atomic E-state index is 13.2. The number of nitrogens with zero attached hydrogens (tertiary/aromatic N) is 1. The summed E-state index contributed by atoms with van der Waals surface area (Å²) in [4.78, 5) is 26.5. The molecule has 0 amide bonds. The van der Waals surface area contributed by atoms with Crippen LogP contribution in [-0.4, -0.2) is 9.55 Å². The number of benzene rings is 1. The van der Waals surface area contributed by atoms with Crippen molar-refractivity contribution in [3.63, 3.8) is 0 Å². The third kappa shape index (κ3) is 1.78. The lowest BCUT2D eigenvalue weighted by Crippen LogP contribution is -2.33. The SMILES string of the molecule is O=c1[nH]c2ccsc2c(=O)n1-c1ccc(F)c(F)c1. The summed E-state index contributed by atoms with van der Waals surface area (Å²) in [7, 11) is 0. The molecule has 2 heterocycles. The number of aromatic nitrogens is 2. The van der Waals surface area contributed by atoms with Crippen LogP contribution in [0.15, 0.2) is 39.2 Å². The number of hydrogen-bond donors (Lipinski definition) is 1. The van der Waals surface area contributed by atoms with E-state index in [9.17, 15) is 18.4 Å². The molecule has 0 fully saturated rings. The lowest BCUT2D eigenvalue weighted by atomic mass is 10.3. The average molecular weight is 280 g/mol. The number of hydrogen-bond acceptors (Lipinski definition) is 3. The predicted molar refractivity (Wildman–Crippen MR) is 68.0 cm³/mol. The molecule has 0 aliphatic heterocycles. The number of fused-ring (bicyclic) bond motifs is 1. The van der Waals surface area contributed by atoms with Crippen molar-refractivity contribution in [2.75, 3.05) is 0 Å². The Morgan fingerprint density at radius 3 is 2.63 bits per heavy atom. The van der Waals surface area contributed by atoms with Crippen molar-refractivity contribution in [2.45, 2.75) is 0 Å². The minimum atomic E-state index is -1.12. The van der Waals surface area contributed by atoms with Gasteiger partial charge in [-0.05, 0) is 23.6 Å². The van der Waals surface area contributed by atoms with Crippen LogP contribution in [0.2, 0.25) is 0 Å². The molecule has 0 saturated carbocycles. The van der Waals surface area contributed by atoms with Gasteiger partial charge in [0.15, 0.2) is 11.6 Å². The first-order valence-electron chi connectivity index (χ1n) is 5.26. The van der Waals surface area contributed by atoms with E-state index in [2.05, 4.69) is 4.98 Å². The summed E-state index contributed by atoms with van der Waals surface area (Å²) >= 11 is 1.17. The molecule has 1 N–H and O–H groups in total. The maximum atomic E-state index is 13.2. The van der Waals surface area contributed by atoms with E-state index in [1.165, 1.54) is 17.4 Å². The van der Waals surface area contributed by atoms with Crippen molar-refractivity contribution in [1.29, 1.82) is 0 Å². The largest absolute Gasteiger partial charge is 0.333 e. The lowest BCUT2D eigenvalue weighted by Gasteiger charge is -2.04. The van der Waals surface area contributed by atoms with Crippen LogP contribution in [0.3, 0.4) is 0 Å². The van der Waals surface area contributed by atoms with E-state index in [0.29, 0.717) is 10.2 Å². The van der Waals surface area contributed by atoms with Crippen LogP contribution in [0.4, 0.5) is 8.78 Å². The van der Waals surface area contributed by atoms with Gasteiger partial charge in [0.2, 0.25) is 0 Å². The topological polar surface area (TPSA) is 54.9 Å². The zero-order valence-corrected chi connectivity index (χ0v) is 10.1. The van der Waals surface area contributed by atoms with Crippen molar-refractivity contribution >= 4 is 21.6 Å². The number of H-pyrrole nitrogens is 1. The Kier molecular flexibility index (Phi) is 2.56. The average Bonchev–Trinajstić information content (AvgIpc) is 2.82. The van der Waals surface area contributed by atoms with Crippen LogP contribution in [0.25, 0.3) is 15.9 Å². The molecule has 2 aromatic heterocycles. The fourth-order valence-electron chi connectivity index (χ4n) is 1.80. The molecule has 0 aliphatic rings. The van der Waals surface area contributed by atoms with E-state index in [1.807, 2.05) is 0 Å². The molecule has 0 radical (unpaired) electrons. The van der Waals surface area contributed by atoms with Crippen LogP contribution in [0.5, 0.6) is 0 Å². The van der Waals surface area contributed by atoms with Crippen molar-refractivity contribution < 1.29 is 8.78 Å². The van der Waals surface area contributed by atoms with Gasteiger partial charge in [-0.2, -0.15) is 0 Å². The van der Waals surface area contributed by atoms with Gasteiger partial charge in [0.05, 0.1) is 11.2 Å². The zero-order chi connectivity index (χ0) is 13.6. The van der Waals surface area contributed by atoms with E-state index in [4.69, 9.17) is 0 Å². The molecule has 3 aromatic rings. The Labute approximate surface area is 108 Å². The van der Waals surface area contributed by atoms with Crippen LogP contribution < -0.4 is 11.2 Å². The quantitative estimate of drug-likeness (QED) is 0.741. The fraction of sp³-hybridized carbons (Fsp3) is 0. The molecule has 0 aliphatic carbocycles. The highest BCUT2D eigenvalue weighted by Crippen LogP contribution is 2.14. The van der Waals surface area contributed by atoms with Crippen molar-refractivity contribution in [1.82, 2.24) is 9.55 Å². The van der Waals surface area contributed by atoms with Gasteiger partial charge in [0.25, 0.3) is 5.56 Å². The normalized spacial score (nSPS) is 11.1. The Bertz CT molecular complexity index is 895. The third-order valence-electron chi connectivity index (χ3n) is 2.67. The number of aromatic amines is 1. The second-order valence-electron chi connectivity index (χ2n) is 3.83. The Morgan fingerprint density at radius 1 is 1.11 bits per heavy atom. The summed E-state index contributed by atoms with van der Waals surface area (Å²) in [5.74, 6) is -2.15. The van der Waals surface area contributed by atoms with Gasteiger partial charge < -0.3 is 4.98 Å². The molecule has 1 aromatic carbocycles. The molecule has 3 rings (SSSR count). The molecule has 0 spiro atoms. The summed E-state index contributed by atoms with van der Waals surface area (Å²) in [6.45, 7) is 0. The second-order valence-corrected chi connectivity index (χ2v) is 4.75. The molecular weight excluding hydrogens is 274 g/mol. The van der Waals surface area contributed by atoms with E-state index in [-0.39, 0.29) is 5.69 Å². The van der Waals surface area contributed by atoms with Gasteiger partial charge in [-0.15, -0.1) is 11.3 Å². The number of thiophene rings is 1. The number of rotatable bonds is 1. The highest BCUT2D eigenvalue weighted by Gasteiger charge is 2.12. The van der Waals surface area contributed by atoms with Gasteiger partial charge in [-0.3, -0.25) is 4.79 Å². The number of nitrogens with one attached hydrogen (secondary N) is 1. The van der Waals surface area contributed by atoms with Gasteiger partial charge in [-0.25, -0.2) is 18.1 Å². The Hall–Kier alpha value is -2.28. The molecule has 0 bridgehead atoms. The number of halogens is 2. The minimum absolute atomic E-state index is 0.0135. The fourth-order valence-corrected chi connectivity index (χ4v) is 2.58. The molecule has 96 valence electrons. The lowest BCUT2D eigenvalue weighted by molar-refractivity contribution is 0.507. The van der Waals surface area contributed by atoms with E-state index < -0.39 is 22.9 Å². The van der Waals surface area contributed by atoms with Crippen LogP contribution in [-0.2, 0) is 0 Å². The molecule has 0 atom stereocenters. The molecule has 0 saturated heterocycles. The predicted octanol–water partition coefficient (Wildman–Crippen LogP) is 2.02. The van der Waals surface area contributed by atoms with Crippen LogP contribution in [0.1, 0.15) is 0 Å². The van der Waals surface area contributed by atoms with Crippen LogP contribution in [0, 0.1) is 11.6 Å². The van der Waals surface area contributed by atoms with Crippen molar-refractivity contribution in [3.8, 4) is 5.69 Å². The smallest absolute Gasteiger partial charge is 0.306 e. The Balaban J connectivity index is 2.38. The first-order chi connectivity index (χ1) is 9.08. The van der Waals surface area contributed by atoms with Crippen molar-refractivity contribution in [2.24, 2.45) is 0 Å². The highest BCUT2D eigenvalue weighted by atomic mass is 32.1. The summed E-state index contributed by atoms with van der Waals surface area (Å²) in [5.41, 5.74) is -0.832.